The minimum atomic E-state index is -0.0106. The minimum absolute atomic E-state index is 0.0106. The molecule has 150 valence electrons. The molecule has 29 heavy (non-hydrogen) atoms. The summed E-state index contributed by atoms with van der Waals surface area (Å²) in [7, 11) is 0. The molecule has 2 heterocycles. The number of hydrogen-bond acceptors (Lipinski definition) is 3. The van der Waals surface area contributed by atoms with Gasteiger partial charge in [0.15, 0.2) is 5.43 Å². The Balaban J connectivity index is 1.78. The van der Waals surface area contributed by atoms with Crippen LogP contribution in [0.5, 0.6) is 0 Å². The summed E-state index contributed by atoms with van der Waals surface area (Å²) < 4.78 is 7.67. The summed E-state index contributed by atoms with van der Waals surface area (Å²) in [6.07, 6.45) is 1.87. The number of hydrogen-bond donors (Lipinski definition) is 0. The molecule has 1 amide bonds. The van der Waals surface area contributed by atoms with Crippen molar-refractivity contribution in [2.45, 2.75) is 39.5 Å². The second-order valence-corrected chi connectivity index (χ2v) is 7.94. The molecule has 1 aliphatic heterocycles. The van der Waals surface area contributed by atoms with E-state index in [1.165, 1.54) is 0 Å². The van der Waals surface area contributed by atoms with Crippen LogP contribution >= 0.6 is 0 Å². The van der Waals surface area contributed by atoms with Gasteiger partial charge in [0.25, 0.3) is 0 Å². The van der Waals surface area contributed by atoms with E-state index in [4.69, 9.17) is 4.74 Å². The summed E-state index contributed by atoms with van der Waals surface area (Å²) >= 11 is 0. The molecule has 0 aliphatic carbocycles. The fourth-order valence-corrected chi connectivity index (χ4v) is 4.08. The van der Waals surface area contributed by atoms with Gasteiger partial charge in [0.2, 0.25) is 5.91 Å². The van der Waals surface area contributed by atoms with E-state index in [2.05, 4.69) is 0 Å². The Bertz CT molecular complexity index is 1090. The zero-order chi connectivity index (χ0) is 20.5. The van der Waals surface area contributed by atoms with Crippen molar-refractivity contribution in [3.63, 3.8) is 0 Å². The number of pyridine rings is 1. The van der Waals surface area contributed by atoms with E-state index in [0.29, 0.717) is 24.0 Å². The molecule has 0 saturated carbocycles. The normalized spacial score (nSPS) is 19.5. The molecule has 2 unspecified atom stereocenters. The Morgan fingerprint density at radius 1 is 1.07 bits per heavy atom. The Hall–Kier alpha value is -2.92. The molecule has 1 aliphatic rings. The molecular formula is C24H26N2O3. The number of morpholine rings is 1. The van der Waals surface area contributed by atoms with Gasteiger partial charge in [0, 0.05) is 30.2 Å². The topological polar surface area (TPSA) is 51.5 Å². The molecule has 1 aromatic heterocycles. The van der Waals surface area contributed by atoms with Crippen molar-refractivity contribution in [1.82, 2.24) is 9.47 Å². The first-order valence-electron chi connectivity index (χ1n) is 10.0. The lowest BCUT2D eigenvalue weighted by Gasteiger charge is -2.35. The smallest absolute Gasteiger partial charge is 0.242 e. The minimum Gasteiger partial charge on any atom is -0.372 e. The summed E-state index contributed by atoms with van der Waals surface area (Å²) in [6.45, 7) is 7.34. The van der Waals surface area contributed by atoms with Gasteiger partial charge in [-0.25, -0.2) is 0 Å². The monoisotopic (exact) mass is 390 g/mol. The highest BCUT2D eigenvalue weighted by atomic mass is 16.5. The Morgan fingerprint density at radius 3 is 2.45 bits per heavy atom. The first-order chi connectivity index (χ1) is 13.9. The number of aryl methyl sites for hydroxylation is 1. The fraction of sp³-hybridized carbons (Fsp3) is 0.333. The van der Waals surface area contributed by atoms with Crippen LogP contribution < -0.4 is 5.43 Å². The van der Waals surface area contributed by atoms with Crippen LogP contribution in [0.3, 0.4) is 0 Å². The van der Waals surface area contributed by atoms with Crippen LogP contribution in [-0.2, 0) is 16.1 Å². The third kappa shape index (κ3) is 3.96. The van der Waals surface area contributed by atoms with Crippen molar-refractivity contribution in [2.24, 2.45) is 0 Å². The van der Waals surface area contributed by atoms with Gasteiger partial charge in [0.1, 0.15) is 6.54 Å². The standard InChI is InChI=1S/C24H26N2O3/c1-16-9-10-20-22(11-16)25(14-21(24(20)28)19-7-5-4-6-8-19)15-23(27)26-12-17(2)29-18(3)13-26/h4-11,14,17-18H,12-13,15H2,1-3H3. The number of fused-ring (bicyclic) bond motifs is 1. The van der Waals surface area contributed by atoms with Gasteiger partial charge >= 0.3 is 0 Å². The zero-order valence-electron chi connectivity index (χ0n) is 17.1. The number of carbonyl (C=O) groups is 1. The van der Waals surface area contributed by atoms with Crippen LogP contribution in [0.1, 0.15) is 19.4 Å². The number of benzene rings is 2. The zero-order valence-corrected chi connectivity index (χ0v) is 17.1. The molecule has 1 saturated heterocycles. The van der Waals surface area contributed by atoms with E-state index in [1.807, 2.05) is 85.0 Å². The van der Waals surface area contributed by atoms with E-state index in [-0.39, 0.29) is 30.1 Å². The lowest BCUT2D eigenvalue weighted by molar-refractivity contribution is -0.143. The maximum Gasteiger partial charge on any atom is 0.242 e. The van der Waals surface area contributed by atoms with Crippen molar-refractivity contribution in [2.75, 3.05) is 13.1 Å². The molecule has 2 atom stereocenters. The third-order valence-electron chi connectivity index (χ3n) is 5.40. The van der Waals surface area contributed by atoms with Crippen molar-refractivity contribution < 1.29 is 9.53 Å². The molecule has 5 nitrogen and oxygen atoms in total. The van der Waals surface area contributed by atoms with E-state index < -0.39 is 0 Å². The average Bonchev–Trinajstić information content (AvgIpc) is 2.70. The maximum atomic E-state index is 13.1. The first kappa shape index (κ1) is 19.4. The summed E-state index contributed by atoms with van der Waals surface area (Å²) in [6, 6.07) is 15.4. The third-order valence-corrected chi connectivity index (χ3v) is 5.40. The van der Waals surface area contributed by atoms with Crippen LogP contribution in [0.15, 0.2) is 59.5 Å². The van der Waals surface area contributed by atoms with Gasteiger partial charge in [-0.15, -0.1) is 0 Å². The fourth-order valence-electron chi connectivity index (χ4n) is 4.08. The summed E-state index contributed by atoms with van der Waals surface area (Å²) in [5, 5.41) is 0.633. The van der Waals surface area contributed by atoms with Crippen LogP contribution in [0, 0.1) is 6.92 Å². The largest absolute Gasteiger partial charge is 0.372 e. The quantitative estimate of drug-likeness (QED) is 0.686. The lowest BCUT2D eigenvalue weighted by atomic mass is 10.0. The second-order valence-electron chi connectivity index (χ2n) is 7.94. The van der Waals surface area contributed by atoms with Gasteiger partial charge < -0.3 is 14.2 Å². The van der Waals surface area contributed by atoms with Crippen molar-refractivity contribution >= 4 is 16.8 Å². The predicted molar refractivity (Wildman–Crippen MR) is 115 cm³/mol. The number of amides is 1. The van der Waals surface area contributed by atoms with Crippen LogP contribution in [-0.4, -0.2) is 40.7 Å². The Morgan fingerprint density at radius 2 is 1.76 bits per heavy atom. The van der Waals surface area contributed by atoms with E-state index in [1.54, 1.807) is 0 Å². The highest BCUT2D eigenvalue weighted by molar-refractivity contribution is 5.86. The average molecular weight is 390 g/mol. The Kier molecular flexibility index (Phi) is 5.24. The van der Waals surface area contributed by atoms with Crippen molar-refractivity contribution in [1.29, 1.82) is 0 Å². The number of aromatic nitrogens is 1. The van der Waals surface area contributed by atoms with E-state index in [0.717, 1.165) is 16.6 Å². The molecule has 0 spiro atoms. The van der Waals surface area contributed by atoms with Crippen molar-refractivity contribution in [3.8, 4) is 11.1 Å². The molecule has 0 radical (unpaired) electrons. The van der Waals surface area contributed by atoms with Gasteiger partial charge in [0.05, 0.1) is 17.7 Å². The van der Waals surface area contributed by atoms with Crippen molar-refractivity contribution in [3.05, 3.63) is 70.5 Å². The van der Waals surface area contributed by atoms with Gasteiger partial charge in [-0.05, 0) is 44.0 Å². The second kappa shape index (κ2) is 7.84. The first-order valence-corrected chi connectivity index (χ1v) is 10.0. The molecule has 5 heteroatoms. The molecule has 3 aromatic rings. The lowest BCUT2D eigenvalue weighted by Crippen LogP contribution is -2.49. The number of carbonyl (C=O) groups excluding carboxylic acids is 1. The number of rotatable bonds is 3. The van der Waals surface area contributed by atoms with Gasteiger partial charge in [-0.3, -0.25) is 9.59 Å². The molecule has 1 fully saturated rings. The maximum absolute atomic E-state index is 13.1. The molecule has 4 rings (SSSR count). The van der Waals surface area contributed by atoms with Crippen LogP contribution in [0.2, 0.25) is 0 Å². The number of nitrogens with zero attached hydrogens (tertiary/aromatic N) is 2. The molecule has 2 aromatic carbocycles. The van der Waals surface area contributed by atoms with Gasteiger partial charge in [-0.2, -0.15) is 0 Å². The molecule has 0 bridgehead atoms. The summed E-state index contributed by atoms with van der Waals surface area (Å²) in [5.74, 6) is 0.0393. The summed E-state index contributed by atoms with van der Waals surface area (Å²) in [4.78, 5) is 28.1. The predicted octanol–water partition coefficient (Wildman–Crippen LogP) is 3.61. The number of ether oxygens (including phenoxy) is 1. The van der Waals surface area contributed by atoms with Gasteiger partial charge in [-0.1, -0.05) is 36.4 Å². The van der Waals surface area contributed by atoms with Crippen LogP contribution in [0.4, 0.5) is 0 Å². The Labute approximate surface area is 170 Å². The van der Waals surface area contributed by atoms with E-state index in [9.17, 15) is 9.59 Å². The highest BCUT2D eigenvalue weighted by Crippen LogP contribution is 2.21. The summed E-state index contributed by atoms with van der Waals surface area (Å²) in [5.41, 5.74) is 3.30. The highest BCUT2D eigenvalue weighted by Gasteiger charge is 2.26. The molecular weight excluding hydrogens is 364 g/mol. The van der Waals surface area contributed by atoms with E-state index >= 15 is 0 Å². The molecule has 0 N–H and O–H groups in total. The van der Waals surface area contributed by atoms with Crippen LogP contribution in [0.25, 0.3) is 22.0 Å². The SMILES string of the molecule is Cc1ccc2c(=O)c(-c3ccccc3)cn(CC(=O)N3CC(C)OC(C)C3)c2c1.